The molecule has 0 nitrogen and oxygen atoms in total. The van der Waals surface area contributed by atoms with Crippen molar-refractivity contribution in [1.82, 2.24) is 0 Å². The maximum absolute atomic E-state index is 4.45. The zero-order valence-electron chi connectivity index (χ0n) is 7.36. The Labute approximate surface area is 92.4 Å². The van der Waals surface area contributed by atoms with E-state index in [1.54, 1.807) is 0 Å². The van der Waals surface area contributed by atoms with Gasteiger partial charge in [-0.25, -0.2) is 0 Å². The van der Waals surface area contributed by atoms with Crippen LogP contribution in [0.2, 0.25) is 0 Å². The molecule has 0 bridgehead atoms. The SMILES string of the molecule is Sc1cccc2c1=c1cccc(S)c1=2. The van der Waals surface area contributed by atoms with E-state index in [-0.39, 0.29) is 0 Å². The van der Waals surface area contributed by atoms with Crippen molar-refractivity contribution in [3.8, 4) is 0 Å². The van der Waals surface area contributed by atoms with Gasteiger partial charge in [0.15, 0.2) is 0 Å². The highest BCUT2D eigenvalue weighted by atomic mass is 32.1. The molecule has 0 radical (unpaired) electrons. The standard InChI is InChI=1S/C12H8S2/c13-9-5-1-3-7-11(9)8-4-2-6-10(14)12(7)8/h1-6,13-14H. The summed E-state index contributed by atoms with van der Waals surface area (Å²) in [5.74, 6) is 0. The lowest BCUT2D eigenvalue weighted by atomic mass is 10.0. The van der Waals surface area contributed by atoms with Crippen LogP contribution in [0.3, 0.4) is 0 Å². The van der Waals surface area contributed by atoms with E-state index in [1.165, 1.54) is 20.9 Å². The smallest absolute Gasteiger partial charge is 0.0125 e. The first-order valence-corrected chi connectivity index (χ1v) is 5.33. The summed E-state index contributed by atoms with van der Waals surface area (Å²) in [6.07, 6.45) is 0. The molecule has 0 spiro atoms. The second-order valence-corrected chi connectivity index (χ2v) is 4.36. The number of thiol groups is 2. The molecule has 2 aromatic rings. The average Bonchev–Trinajstić information content (AvgIpc) is 2.13. The second-order valence-electron chi connectivity index (χ2n) is 3.40. The van der Waals surface area contributed by atoms with Gasteiger partial charge in [0.05, 0.1) is 0 Å². The predicted molar refractivity (Wildman–Crippen MR) is 62.7 cm³/mol. The molecule has 3 rings (SSSR count). The van der Waals surface area contributed by atoms with Crippen LogP contribution in [0.1, 0.15) is 0 Å². The highest BCUT2D eigenvalue weighted by Gasteiger charge is 2.05. The van der Waals surface area contributed by atoms with Crippen molar-refractivity contribution in [3.05, 3.63) is 57.3 Å². The fourth-order valence-electron chi connectivity index (χ4n) is 2.00. The Balaban J connectivity index is 2.72. The molecule has 0 fully saturated rings. The third-order valence-electron chi connectivity index (χ3n) is 2.62. The van der Waals surface area contributed by atoms with Crippen LogP contribution in [-0.4, -0.2) is 0 Å². The minimum Gasteiger partial charge on any atom is -0.143 e. The summed E-state index contributed by atoms with van der Waals surface area (Å²) in [6.45, 7) is 0. The largest absolute Gasteiger partial charge is 0.143 e. The topological polar surface area (TPSA) is 0 Å². The van der Waals surface area contributed by atoms with E-state index in [0.717, 1.165) is 9.79 Å². The summed E-state index contributed by atoms with van der Waals surface area (Å²) in [4.78, 5) is 2.10. The summed E-state index contributed by atoms with van der Waals surface area (Å²) in [7, 11) is 0. The molecule has 1 aliphatic rings. The lowest BCUT2D eigenvalue weighted by Gasteiger charge is -2.08. The zero-order valence-corrected chi connectivity index (χ0v) is 9.15. The monoisotopic (exact) mass is 216 g/mol. The molecular weight excluding hydrogens is 208 g/mol. The van der Waals surface area contributed by atoms with E-state index in [0.29, 0.717) is 0 Å². The third-order valence-corrected chi connectivity index (χ3v) is 3.37. The Kier molecular flexibility index (Phi) is 1.70. The molecule has 0 saturated carbocycles. The Morgan fingerprint density at radius 1 is 0.643 bits per heavy atom. The van der Waals surface area contributed by atoms with E-state index in [1.807, 2.05) is 24.3 Å². The number of hydrogen-bond acceptors (Lipinski definition) is 2. The maximum Gasteiger partial charge on any atom is 0.0125 e. The quantitative estimate of drug-likeness (QED) is 0.530. The number of hydrogen-bond donors (Lipinski definition) is 2. The van der Waals surface area contributed by atoms with E-state index >= 15 is 0 Å². The van der Waals surface area contributed by atoms with E-state index < -0.39 is 0 Å². The molecule has 0 saturated heterocycles. The molecule has 14 heavy (non-hydrogen) atoms. The molecule has 2 aromatic carbocycles. The molecule has 0 heterocycles. The van der Waals surface area contributed by atoms with Crippen LogP contribution < -0.4 is 0 Å². The van der Waals surface area contributed by atoms with E-state index in [2.05, 4.69) is 37.4 Å². The second kappa shape index (κ2) is 2.81. The Bertz CT molecular complexity index is 616. The third kappa shape index (κ3) is 0.928. The van der Waals surface area contributed by atoms with Crippen molar-refractivity contribution in [2.75, 3.05) is 0 Å². The van der Waals surface area contributed by atoms with Gasteiger partial charge in [0.1, 0.15) is 0 Å². The minimum absolute atomic E-state index is 1.05. The summed E-state index contributed by atoms with van der Waals surface area (Å²) in [5.41, 5.74) is 0. The summed E-state index contributed by atoms with van der Waals surface area (Å²) >= 11 is 8.91. The van der Waals surface area contributed by atoms with Gasteiger partial charge in [-0.05, 0) is 22.6 Å². The van der Waals surface area contributed by atoms with E-state index in [9.17, 15) is 0 Å². The van der Waals surface area contributed by atoms with Crippen molar-refractivity contribution < 1.29 is 0 Å². The lowest BCUT2D eigenvalue weighted by molar-refractivity contribution is 1.15. The minimum atomic E-state index is 1.05. The fraction of sp³-hybridized carbons (Fsp3) is 0. The molecule has 0 N–H and O–H groups in total. The van der Waals surface area contributed by atoms with Gasteiger partial charge in [-0.1, -0.05) is 24.3 Å². The maximum atomic E-state index is 4.45. The van der Waals surface area contributed by atoms with Gasteiger partial charge in [-0.15, -0.1) is 25.3 Å². The van der Waals surface area contributed by atoms with Gasteiger partial charge in [0, 0.05) is 20.2 Å². The van der Waals surface area contributed by atoms with Gasteiger partial charge in [-0.2, -0.15) is 0 Å². The number of fused-ring (bicyclic) bond motifs is 2. The Hall–Kier alpha value is -0.860. The molecule has 0 atom stereocenters. The first-order valence-electron chi connectivity index (χ1n) is 4.44. The Morgan fingerprint density at radius 3 is 1.50 bits per heavy atom. The normalized spacial score (nSPS) is 11.6. The van der Waals surface area contributed by atoms with Gasteiger partial charge in [0.25, 0.3) is 0 Å². The van der Waals surface area contributed by atoms with Gasteiger partial charge < -0.3 is 0 Å². The predicted octanol–water partition coefficient (Wildman–Crippen LogP) is 3.15. The average molecular weight is 216 g/mol. The summed E-state index contributed by atoms with van der Waals surface area (Å²) in [5, 5.41) is 5.08. The molecular formula is C12H8S2. The molecule has 2 heteroatoms. The van der Waals surface area contributed by atoms with Crippen LogP contribution in [-0.2, 0) is 0 Å². The molecule has 0 unspecified atom stereocenters. The summed E-state index contributed by atoms with van der Waals surface area (Å²) < 4.78 is 0. The van der Waals surface area contributed by atoms with Crippen LogP contribution in [0, 0.1) is 20.9 Å². The molecule has 0 aliphatic heterocycles. The lowest BCUT2D eigenvalue weighted by Crippen LogP contribution is -1.93. The van der Waals surface area contributed by atoms with Gasteiger partial charge in [-0.3, -0.25) is 0 Å². The Morgan fingerprint density at radius 2 is 1.07 bits per heavy atom. The van der Waals surface area contributed by atoms with E-state index in [4.69, 9.17) is 0 Å². The molecule has 0 aromatic heterocycles. The highest BCUT2D eigenvalue weighted by molar-refractivity contribution is 7.80. The molecule has 1 aliphatic carbocycles. The van der Waals surface area contributed by atoms with Crippen molar-refractivity contribution in [2.45, 2.75) is 9.79 Å². The molecule has 68 valence electrons. The molecule has 0 amide bonds. The van der Waals surface area contributed by atoms with Crippen LogP contribution >= 0.6 is 25.3 Å². The van der Waals surface area contributed by atoms with Crippen LogP contribution in [0.25, 0.3) is 0 Å². The van der Waals surface area contributed by atoms with Crippen LogP contribution in [0.15, 0.2) is 46.2 Å². The van der Waals surface area contributed by atoms with Gasteiger partial charge in [0.2, 0.25) is 0 Å². The zero-order chi connectivity index (χ0) is 9.71. The number of rotatable bonds is 0. The van der Waals surface area contributed by atoms with Gasteiger partial charge >= 0.3 is 0 Å². The fourth-order valence-corrected chi connectivity index (χ4v) is 2.65. The highest BCUT2D eigenvalue weighted by Crippen LogP contribution is 2.22. The van der Waals surface area contributed by atoms with Crippen molar-refractivity contribution in [2.24, 2.45) is 0 Å². The number of benzene rings is 2. The van der Waals surface area contributed by atoms with Crippen LogP contribution in [0.5, 0.6) is 0 Å². The first-order chi connectivity index (χ1) is 6.79. The van der Waals surface area contributed by atoms with Crippen molar-refractivity contribution in [3.63, 3.8) is 0 Å². The van der Waals surface area contributed by atoms with Crippen molar-refractivity contribution in [1.29, 1.82) is 0 Å². The van der Waals surface area contributed by atoms with Crippen molar-refractivity contribution >= 4 is 25.3 Å². The first kappa shape index (κ1) is 8.45. The summed E-state index contributed by atoms with van der Waals surface area (Å²) in [6, 6.07) is 12.4. The van der Waals surface area contributed by atoms with Crippen LogP contribution in [0.4, 0.5) is 0 Å².